The molecule has 0 bridgehead atoms. The molecule has 0 spiro atoms. The lowest BCUT2D eigenvalue weighted by molar-refractivity contribution is 0.120. The van der Waals surface area contributed by atoms with Crippen LogP contribution in [0.15, 0.2) is 43.0 Å². The molecule has 1 rings (SSSR count). The highest BCUT2D eigenvalue weighted by atomic mass is 16.6. The SMILES string of the molecule is C=C[C@H](OC(=O)NCCC)c1ccccc1. The number of hydrogen-bond acceptors (Lipinski definition) is 2. The molecule has 0 aliphatic carbocycles. The van der Waals surface area contributed by atoms with Crippen molar-refractivity contribution in [3.63, 3.8) is 0 Å². The minimum Gasteiger partial charge on any atom is -0.437 e. The lowest BCUT2D eigenvalue weighted by atomic mass is 10.1. The van der Waals surface area contributed by atoms with E-state index in [1.165, 1.54) is 0 Å². The number of hydrogen-bond donors (Lipinski definition) is 1. The zero-order valence-electron chi connectivity index (χ0n) is 9.48. The fraction of sp³-hybridized carbons (Fsp3) is 0.308. The molecule has 0 saturated carbocycles. The Balaban J connectivity index is 2.56. The van der Waals surface area contributed by atoms with Crippen LogP contribution in [0.4, 0.5) is 4.79 Å². The first-order valence-corrected chi connectivity index (χ1v) is 5.40. The van der Waals surface area contributed by atoms with Crippen molar-refractivity contribution < 1.29 is 9.53 Å². The molecule has 1 atom stereocenters. The van der Waals surface area contributed by atoms with Crippen LogP contribution >= 0.6 is 0 Å². The average Bonchev–Trinajstić information content (AvgIpc) is 2.34. The third kappa shape index (κ3) is 3.77. The van der Waals surface area contributed by atoms with Crippen molar-refractivity contribution >= 4 is 6.09 Å². The molecule has 0 aliphatic heterocycles. The molecule has 1 aromatic carbocycles. The molecular weight excluding hydrogens is 202 g/mol. The van der Waals surface area contributed by atoms with Gasteiger partial charge in [0.05, 0.1) is 0 Å². The van der Waals surface area contributed by atoms with E-state index in [0.29, 0.717) is 6.54 Å². The maximum atomic E-state index is 11.4. The summed E-state index contributed by atoms with van der Waals surface area (Å²) in [7, 11) is 0. The van der Waals surface area contributed by atoms with Gasteiger partial charge in [0.15, 0.2) is 0 Å². The Morgan fingerprint density at radius 1 is 1.50 bits per heavy atom. The third-order valence-corrected chi connectivity index (χ3v) is 2.10. The zero-order chi connectivity index (χ0) is 11.8. The molecule has 1 aromatic rings. The quantitative estimate of drug-likeness (QED) is 0.773. The lowest BCUT2D eigenvalue weighted by Gasteiger charge is -2.14. The van der Waals surface area contributed by atoms with Gasteiger partial charge in [-0.25, -0.2) is 4.79 Å². The van der Waals surface area contributed by atoms with Gasteiger partial charge in [-0.3, -0.25) is 0 Å². The molecule has 1 amide bonds. The fourth-order valence-corrected chi connectivity index (χ4v) is 1.28. The van der Waals surface area contributed by atoms with Gasteiger partial charge in [-0.2, -0.15) is 0 Å². The van der Waals surface area contributed by atoms with Gasteiger partial charge < -0.3 is 10.1 Å². The van der Waals surface area contributed by atoms with E-state index in [2.05, 4.69) is 11.9 Å². The summed E-state index contributed by atoms with van der Waals surface area (Å²) < 4.78 is 5.22. The lowest BCUT2D eigenvalue weighted by Crippen LogP contribution is -2.26. The highest BCUT2D eigenvalue weighted by Crippen LogP contribution is 2.17. The second kappa shape index (κ2) is 6.67. The molecule has 0 aromatic heterocycles. The summed E-state index contributed by atoms with van der Waals surface area (Å²) >= 11 is 0. The number of ether oxygens (including phenoxy) is 1. The van der Waals surface area contributed by atoms with Gasteiger partial charge in [-0.05, 0) is 18.1 Å². The van der Waals surface area contributed by atoms with Crippen LogP contribution in [-0.2, 0) is 4.74 Å². The fourth-order valence-electron chi connectivity index (χ4n) is 1.28. The maximum absolute atomic E-state index is 11.4. The first kappa shape index (κ1) is 12.3. The number of benzene rings is 1. The first-order valence-electron chi connectivity index (χ1n) is 5.40. The van der Waals surface area contributed by atoms with Crippen molar-refractivity contribution in [1.29, 1.82) is 0 Å². The Bertz CT molecular complexity index is 335. The van der Waals surface area contributed by atoms with Crippen molar-refractivity contribution in [2.24, 2.45) is 0 Å². The van der Waals surface area contributed by atoms with E-state index in [1.54, 1.807) is 6.08 Å². The molecule has 0 aliphatic rings. The van der Waals surface area contributed by atoms with E-state index < -0.39 is 12.2 Å². The Hall–Kier alpha value is -1.77. The van der Waals surface area contributed by atoms with Crippen molar-refractivity contribution in [3.8, 4) is 0 Å². The monoisotopic (exact) mass is 219 g/mol. The van der Waals surface area contributed by atoms with Crippen LogP contribution in [0.5, 0.6) is 0 Å². The van der Waals surface area contributed by atoms with E-state index in [-0.39, 0.29) is 0 Å². The molecule has 0 saturated heterocycles. The molecule has 86 valence electrons. The van der Waals surface area contributed by atoms with E-state index in [9.17, 15) is 4.79 Å². The van der Waals surface area contributed by atoms with Gasteiger partial charge in [-0.1, -0.05) is 43.8 Å². The summed E-state index contributed by atoms with van der Waals surface area (Å²) in [5.74, 6) is 0. The Morgan fingerprint density at radius 2 is 2.19 bits per heavy atom. The second-order valence-electron chi connectivity index (χ2n) is 3.40. The predicted octanol–water partition coefficient (Wildman–Crippen LogP) is 3.05. The van der Waals surface area contributed by atoms with Crippen LogP contribution in [-0.4, -0.2) is 12.6 Å². The van der Waals surface area contributed by atoms with Gasteiger partial charge in [0.2, 0.25) is 0 Å². The topological polar surface area (TPSA) is 38.3 Å². The van der Waals surface area contributed by atoms with Crippen LogP contribution in [0.25, 0.3) is 0 Å². The molecule has 16 heavy (non-hydrogen) atoms. The molecular formula is C13H17NO2. The van der Waals surface area contributed by atoms with Crippen LogP contribution in [0.1, 0.15) is 25.0 Å². The Kier molecular flexibility index (Phi) is 5.12. The van der Waals surface area contributed by atoms with E-state index in [0.717, 1.165) is 12.0 Å². The smallest absolute Gasteiger partial charge is 0.408 e. The number of amides is 1. The number of alkyl carbamates (subject to hydrolysis) is 1. The van der Waals surface area contributed by atoms with Crippen molar-refractivity contribution in [3.05, 3.63) is 48.6 Å². The van der Waals surface area contributed by atoms with Gasteiger partial charge in [0, 0.05) is 6.54 Å². The minimum absolute atomic E-state index is 0.391. The van der Waals surface area contributed by atoms with Crippen LogP contribution < -0.4 is 5.32 Å². The normalized spacial score (nSPS) is 11.6. The molecule has 0 fully saturated rings. The molecule has 3 nitrogen and oxygen atoms in total. The van der Waals surface area contributed by atoms with Gasteiger partial charge >= 0.3 is 6.09 Å². The number of carbonyl (C=O) groups excluding carboxylic acids is 1. The molecule has 1 N–H and O–H groups in total. The van der Waals surface area contributed by atoms with E-state index in [1.807, 2.05) is 37.3 Å². The number of nitrogens with one attached hydrogen (secondary N) is 1. The highest BCUT2D eigenvalue weighted by molar-refractivity contribution is 5.67. The minimum atomic E-state index is -0.407. The van der Waals surface area contributed by atoms with Crippen molar-refractivity contribution in [2.75, 3.05) is 6.54 Å². The highest BCUT2D eigenvalue weighted by Gasteiger charge is 2.11. The molecule has 3 heteroatoms. The number of rotatable bonds is 5. The zero-order valence-corrected chi connectivity index (χ0v) is 9.48. The largest absolute Gasteiger partial charge is 0.437 e. The van der Waals surface area contributed by atoms with Crippen molar-refractivity contribution in [2.45, 2.75) is 19.4 Å². The Morgan fingerprint density at radius 3 is 2.75 bits per heavy atom. The van der Waals surface area contributed by atoms with Crippen LogP contribution in [0, 0.1) is 0 Å². The number of carbonyl (C=O) groups is 1. The molecule has 0 heterocycles. The summed E-state index contributed by atoms with van der Waals surface area (Å²) in [6.07, 6.45) is 1.70. The van der Waals surface area contributed by atoms with Crippen LogP contribution in [0.3, 0.4) is 0 Å². The van der Waals surface area contributed by atoms with Gasteiger partial charge in [0.1, 0.15) is 6.10 Å². The summed E-state index contributed by atoms with van der Waals surface area (Å²) in [6.45, 7) is 6.28. The Labute approximate surface area is 96.1 Å². The predicted molar refractivity (Wildman–Crippen MR) is 64.2 cm³/mol. The summed E-state index contributed by atoms with van der Waals surface area (Å²) in [5.41, 5.74) is 0.921. The molecule has 0 radical (unpaired) electrons. The maximum Gasteiger partial charge on any atom is 0.408 e. The molecule has 0 unspecified atom stereocenters. The third-order valence-electron chi connectivity index (χ3n) is 2.10. The average molecular weight is 219 g/mol. The summed E-state index contributed by atoms with van der Waals surface area (Å²) in [6, 6.07) is 9.53. The summed E-state index contributed by atoms with van der Waals surface area (Å²) in [4.78, 5) is 11.4. The van der Waals surface area contributed by atoms with Gasteiger partial charge in [-0.15, -0.1) is 0 Å². The van der Waals surface area contributed by atoms with E-state index >= 15 is 0 Å². The van der Waals surface area contributed by atoms with Crippen LogP contribution in [0.2, 0.25) is 0 Å². The summed E-state index contributed by atoms with van der Waals surface area (Å²) in [5, 5.41) is 2.66. The first-order chi connectivity index (χ1) is 7.77. The van der Waals surface area contributed by atoms with Crippen molar-refractivity contribution in [1.82, 2.24) is 5.32 Å². The second-order valence-corrected chi connectivity index (χ2v) is 3.40. The van der Waals surface area contributed by atoms with Gasteiger partial charge in [0.25, 0.3) is 0 Å². The van der Waals surface area contributed by atoms with E-state index in [4.69, 9.17) is 4.74 Å². The standard InChI is InChI=1S/C13H17NO2/c1-3-10-14-13(15)16-12(4-2)11-8-6-5-7-9-11/h4-9,12H,2-3,10H2,1H3,(H,14,15)/t12-/m0/s1.